The second-order valence-electron chi connectivity index (χ2n) is 5.55. The highest BCUT2D eigenvalue weighted by molar-refractivity contribution is 5.87. The molecule has 1 amide bonds. The lowest BCUT2D eigenvalue weighted by Gasteiger charge is -2.01. The van der Waals surface area contributed by atoms with Gasteiger partial charge in [0.05, 0.1) is 22.7 Å². The summed E-state index contributed by atoms with van der Waals surface area (Å²) in [6.45, 7) is -0.0375. The second-order valence-corrected chi connectivity index (χ2v) is 5.55. The topological polar surface area (TPSA) is 102 Å². The van der Waals surface area contributed by atoms with Gasteiger partial charge in [-0.15, -0.1) is 5.10 Å². The molecule has 2 heterocycles. The number of hydrogen-bond acceptors (Lipinski definition) is 6. The molecule has 0 bridgehead atoms. The van der Waals surface area contributed by atoms with E-state index in [0.29, 0.717) is 16.5 Å². The van der Waals surface area contributed by atoms with E-state index in [1.807, 2.05) is 24.3 Å². The minimum absolute atomic E-state index is 0.0375. The van der Waals surface area contributed by atoms with E-state index in [-0.39, 0.29) is 23.4 Å². The number of para-hydroxylation sites is 2. The molecule has 128 valence electrons. The predicted octanol–water partition coefficient (Wildman–Crippen LogP) is 1.69. The molecule has 0 aliphatic carbocycles. The highest BCUT2D eigenvalue weighted by atomic mass is 16.3. The Morgan fingerprint density at radius 3 is 2.92 bits per heavy atom. The van der Waals surface area contributed by atoms with Gasteiger partial charge in [0, 0.05) is 0 Å². The third-order valence-electron chi connectivity index (χ3n) is 3.81. The first kappa shape index (κ1) is 15.7. The van der Waals surface area contributed by atoms with Gasteiger partial charge < -0.3 is 4.42 Å². The number of fused-ring (bicyclic) bond motifs is 2. The molecule has 0 aliphatic heterocycles. The number of rotatable bonds is 4. The van der Waals surface area contributed by atoms with Crippen LogP contribution >= 0.6 is 0 Å². The number of hydrazone groups is 1. The zero-order chi connectivity index (χ0) is 17.9. The molecule has 0 fully saturated rings. The van der Waals surface area contributed by atoms with E-state index in [2.05, 4.69) is 20.8 Å². The van der Waals surface area contributed by atoms with Crippen molar-refractivity contribution in [3.63, 3.8) is 0 Å². The van der Waals surface area contributed by atoms with Gasteiger partial charge in [-0.05, 0) is 24.3 Å². The van der Waals surface area contributed by atoms with Crippen LogP contribution in [-0.2, 0) is 11.3 Å². The van der Waals surface area contributed by atoms with Crippen molar-refractivity contribution < 1.29 is 9.21 Å². The van der Waals surface area contributed by atoms with Crippen molar-refractivity contribution in [1.82, 2.24) is 20.4 Å². The predicted molar refractivity (Wildman–Crippen MR) is 95.7 cm³/mol. The van der Waals surface area contributed by atoms with Gasteiger partial charge in [0.25, 0.3) is 5.91 Å². The Balaban J connectivity index is 1.47. The van der Waals surface area contributed by atoms with Crippen LogP contribution in [-0.4, -0.2) is 27.1 Å². The van der Waals surface area contributed by atoms with Crippen molar-refractivity contribution in [3.05, 3.63) is 70.6 Å². The molecule has 8 heteroatoms. The van der Waals surface area contributed by atoms with Gasteiger partial charge in [0.15, 0.2) is 0 Å². The number of benzene rings is 2. The fraction of sp³-hybridized carbons (Fsp3) is 0.0556. The maximum atomic E-state index is 12.3. The second kappa shape index (κ2) is 6.60. The summed E-state index contributed by atoms with van der Waals surface area (Å²) in [5.74, 6) is -0.387. The maximum absolute atomic E-state index is 12.3. The molecule has 4 aromatic rings. The van der Waals surface area contributed by atoms with Crippen molar-refractivity contribution in [3.8, 4) is 0 Å². The summed E-state index contributed by atoms with van der Waals surface area (Å²) >= 11 is 0. The van der Waals surface area contributed by atoms with Crippen molar-refractivity contribution in [2.24, 2.45) is 5.10 Å². The van der Waals surface area contributed by atoms with E-state index in [1.165, 1.54) is 17.2 Å². The molecule has 4 rings (SSSR count). The van der Waals surface area contributed by atoms with Gasteiger partial charge in [-0.25, -0.2) is 10.1 Å². The molecule has 8 nitrogen and oxygen atoms in total. The number of carbonyl (C=O) groups is 1. The standard InChI is InChI=1S/C18H13N5O3/c24-17(10-23-15-7-3-2-6-14(15)20-22-23)21-19-9-12-11-26-16-8-4-1-5-13(16)18(12)25/h1-9,11H,10H2,(H,21,24). The van der Waals surface area contributed by atoms with Crippen LogP contribution in [0.25, 0.3) is 22.0 Å². The highest BCUT2D eigenvalue weighted by Gasteiger charge is 2.08. The zero-order valence-corrected chi connectivity index (χ0v) is 13.5. The summed E-state index contributed by atoms with van der Waals surface area (Å²) in [6.07, 6.45) is 2.57. The summed E-state index contributed by atoms with van der Waals surface area (Å²) in [7, 11) is 0. The van der Waals surface area contributed by atoms with E-state index in [9.17, 15) is 9.59 Å². The Morgan fingerprint density at radius 2 is 2.00 bits per heavy atom. The first-order valence-electron chi connectivity index (χ1n) is 7.83. The van der Waals surface area contributed by atoms with Crippen LogP contribution in [0.5, 0.6) is 0 Å². The van der Waals surface area contributed by atoms with Crippen molar-refractivity contribution >= 4 is 34.1 Å². The van der Waals surface area contributed by atoms with Crippen LogP contribution in [0.1, 0.15) is 5.56 Å². The molecule has 0 atom stereocenters. The molecular formula is C18H13N5O3. The Labute approximate surface area is 146 Å². The summed E-state index contributed by atoms with van der Waals surface area (Å²) in [4.78, 5) is 24.3. The fourth-order valence-electron chi connectivity index (χ4n) is 2.56. The van der Waals surface area contributed by atoms with Crippen LogP contribution < -0.4 is 10.9 Å². The largest absolute Gasteiger partial charge is 0.463 e. The average Bonchev–Trinajstić information content (AvgIpc) is 3.07. The monoisotopic (exact) mass is 347 g/mol. The molecule has 0 radical (unpaired) electrons. The number of amides is 1. The smallest absolute Gasteiger partial charge is 0.261 e. The quantitative estimate of drug-likeness (QED) is 0.447. The van der Waals surface area contributed by atoms with E-state index >= 15 is 0 Å². The summed E-state index contributed by atoms with van der Waals surface area (Å²) < 4.78 is 6.86. The third kappa shape index (κ3) is 2.95. The van der Waals surface area contributed by atoms with Crippen LogP contribution in [0.3, 0.4) is 0 Å². The summed E-state index contributed by atoms with van der Waals surface area (Å²) in [5.41, 5.74) is 4.36. The molecule has 2 aromatic heterocycles. The third-order valence-corrected chi connectivity index (χ3v) is 3.81. The highest BCUT2D eigenvalue weighted by Crippen LogP contribution is 2.10. The maximum Gasteiger partial charge on any atom is 0.261 e. The van der Waals surface area contributed by atoms with Crippen LogP contribution in [0.15, 0.2) is 69.1 Å². The number of nitrogens with zero attached hydrogens (tertiary/aromatic N) is 4. The van der Waals surface area contributed by atoms with E-state index in [0.717, 1.165) is 5.52 Å². The lowest BCUT2D eigenvalue weighted by atomic mass is 10.2. The molecular weight excluding hydrogens is 334 g/mol. The van der Waals surface area contributed by atoms with Gasteiger partial charge >= 0.3 is 0 Å². The number of hydrogen-bond donors (Lipinski definition) is 1. The Hall–Kier alpha value is -3.81. The van der Waals surface area contributed by atoms with E-state index in [1.54, 1.807) is 24.3 Å². The summed E-state index contributed by atoms with van der Waals surface area (Å²) in [6, 6.07) is 14.3. The van der Waals surface area contributed by atoms with Gasteiger partial charge in [0.1, 0.15) is 23.9 Å². The van der Waals surface area contributed by atoms with Crippen LogP contribution in [0.2, 0.25) is 0 Å². The van der Waals surface area contributed by atoms with E-state index < -0.39 is 0 Å². The Morgan fingerprint density at radius 1 is 1.19 bits per heavy atom. The minimum Gasteiger partial charge on any atom is -0.463 e. The molecule has 1 N–H and O–H groups in total. The van der Waals surface area contributed by atoms with Gasteiger partial charge in [-0.3, -0.25) is 9.59 Å². The zero-order valence-electron chi connectivity index (χ0n) is 13.5. The molecule has 0 saturated carbocycles. The first-order valence-corrected chi connectivity index (χ1v) is 7.83. The van der Waals surface area contributed by atoms with Crippen LogP contribution in [0, 0.1) is 0 Å². The van der Waals surface area contributed by atoms with Gasteiger partial charge in [0.2, 0.25) is 5.43 Å². The van der Waals surface area contributed by atoms with Gasteiger partial charge in [-0.2, -0.15) is 5.10 Å². The fourth-order valence-corrected chi connectivity index (χ4v) is 2.56. The lowest BCUT2D eigenvalue weighted by molar-refractivity contribution is -0.121. The van der Waals surface area contributed by atoms with Gasteiger partial charge in [-0.1, -0.05) is 29.5 Å². The van der Waals surface area contributed by atoms with Crippen molar-refractivity contribution in [1.29, 1.82) is 0 Å². The molecule has 2 aromatic carbocycles. The normalized spacial score (nSPS) is 11.4. The number of aromatic nitrogens is 3. The number of nitrogens with one attached hydrogen (secondary N) is 1. The molecule has 0 aliphatic rings. The van der Waals surface area contributed by atoms with Crippen molar-refractivity contribution in [2.75, 3.05) is 0 Å². The van der Waals surface area contributed by atoms with Crippen LogP contribution in [0.4, 0.5) is 0 Å². The minimum atomic E-state index is -0.387. The first-order chi connectivity index (χ1) is 12.7. The van der Waals surface area contributed by atoms with Crippen molar-refractivity contribution in [2.45, 2.75) is 6.54 Å². The van der Waals surface area contributed by atoms with E-state index in [4.69, 9.17) is 4.42 Å². The molecule has 26 heavy (non-hydrogen) atoms. The molecule has 0 spiro atoms. The lowest BCUT2D eigenvalue weighted by Crippen LogP contribution is -2.24. The average molecular weight is 347 g/mol. The summed E-state index contributed by atoms with van der Waals surface area (Å²) in [5, 5.41) is 12.2. The Kier molecular flexibility index (Phi) is 3.98. The Bertz CT molecular complexity index is 1190. The SMILES string of the molecule is O=C(Cn1nnc2ccccc21)NN=Cc1coc2ccccc2c1=O. The molecule has 0 saturated heterocycles. The number of carbonyl (C=O) groups excluding carboxylic acids is 1. The molecule has 0 unspecified atom stereocenters.